The normalized spacial score (nSPS) is 11.8. The second kappa shape index (κ2) is 7.75. The lowest BCUT2D eigenvalue weighted by atomic mass is 9.93. The van der Waals surface area contributed by atoms with E-state index < -0.39 is 0 Å². The summed E-state index contributed by atoms with van der Waals surface area (Å²) < 4.78 is 0. The van der Waals surface area contributed by atoms with Gasteiger partial charge < -0.3 is 0 Å². The molecule has 2 aromatic carbocycles. The summed E-state index contributed by atoms with van der Waals surface area (Å²) in [5.74, 6) is 0.891. The molecule has 0 fully saturated rings. The summed E-state index contributed by atoms with van der Waals surface area (Å²) in [5, 5.41) is 3.10. The van der Waals surface area contributed by atoms with Crippen LogP contribution in [0.1, 0.15) is 56.4 Å². The molecular weight excluding hydrogens is 324 g/mol. The summed E-state index contributed by atoms with van der Waals surface area (Å²) in [6, 6.07) is 16.8. The second-order valence-corrected chi connectivity index (χ2v) is 7.65. The third-order valence-electron chi connectivity index (χ3n) is 4.21. The molecule has 2 nitrogen and oxygen atoms in total. The Kier molecular flexibility index (Phi) is 5.44. The minimum atomic E-state index is 0.446. The zero-order valence-electron chi connectivity index (χ0n) is 15.2. The fraction of sp³-hybridized carbons (Fsp3) is 0.273. The Morgan fingerprint density at radius 1 is 0.880 bits per heavy atom. The lowest BCUT2D eigenvalue weighted by Crippen LogP contribution is -1.95. The first kappa shape index (κ1) is 17.6. The van der Waals surface area contributed by atoms with Crippen LogP contribution in [-0.2, 0) is 0 Å². The van der Waals surface area contributed by atoms with Gasteiger partial charge in [-0.2, -0.15) is 0 Å². The minimum Gasteiger partial charge on any atom is -0.254 e. The first-order chi connectivity index (χ1) is 12.1. The number of nitrogens with zero attached hydrogens (tertiary/aromatic N) is 2. The van der Waals surface area contributed by atoms with Crippen molar-refractivity contribution in [1.29, 1.82) is 0 Å². The molecule has 128 valence electrons. The van der Waals surface area contributed by atoms with E-state index in [4.69, 9.17) is 9.98 Å². The molecular formula is C22H24N2S. The van der Waals surface area contributed by atoms with Crippen LogP contribution in [0.15, 0.2) is 58.9 Å². The molecule has 1 aromatic heterocycles. The summed E-state index contributed by atoms with van der Waals surface area (Å²) in [5.41, 5.74) is 5.75. The topological polar surface area (TPSA) is 25.2 Å². The Morgan fingerprint density at radius 2 is 1.52 bits per heavy atom. The molecule has 0 saturated heterocycles. The molecule has 3 heteroatoms. The number of hydrogen-bond donors (Lipinski definition) is 0. The molecule has 0 aliphatic rings. The molecule has 25 heavy (non-hydrogen) atoms. The number of para-hydroxylation sites is 1. The van der Waals surface area contributed by atoms with Crippen LogP contribution in [0, 0.1) is 0 Å². The van der Waals surface area contributed by atoms with Crippen molar-refractivity contribution in [3.05, 3.63) is 70.7 Å². The van der Waals surface area contributed by atoms with Crippen molar-refractivity contribution in [1.82, 2.24) is 4.98 Å². The quantitative estimate of drug-likeness (QED) is 0.465. The van der Waals surface area contributed by atoms with Crippen LogP contribution < -0.4 is 0 Å². The molecule has 3 aromatic rings. The summed E-state index contributed by atoms with van der Waals surface area (Å²) in [6.07, 6.45) is 1.90. The first-order valence-electron chi connectivity index (χ1n) is 8.74. The van der Waals surface area contributed by atoms with E-state index in [1.165, 1.54) is 11.1 Å². The third kappa shape index (κ3) is 4.05. The SMILES string of the molecule is CC(C)c1cccc(C(C)C)c1/N=C/c1csc(-c2ccccc2)n1. The molecule has 0 spiro atoms. The molecule has 0 atom stereocenters. The van der Waals surface area contributed by atoms with Gasteiger partial charge in [0.15, 0.2) is 0 Å². The summed E-state index contributed by atoms with van der Waals surface area (Å²) in [4.78, 5) is 9.56. The van der Waals surface area contributed by atoms with Gasteiger partial charge in [0.25, 0.3) is 0 Å². The van der Waals surface area contributed by atoms with Gasteiger partial charge >= 0.3 is 0 Å². The summed E-state index contributed by atoms with van der Waals surface area (Å²) in [7, 11) is 0. The van der Waals surface area contributed by atoms with Crippen LogP contribution in [0.2, 0.25) is 0 Å². The highest BCUT2D eigenvalue weighted by molar-refractivity contribution is 7.13. The molecule has 3 rings (SSSR count). The molecule has 0 amide bonds. The van der Waals surface area contributed by atoms with Gasteiger partial charge in [0.05, 0.1) is 17.6 Å². The second-order valence-electron chi connectivity index (χ2n) is 6.80. The van der Waals surface area contributed by atoms with Gasteiger partial charge in [-0.3, -0.25) is 4.99 Å². The Balaban J connectivity index is 1.94. The van der Waals surface area contributed by atoms with Crippen molar-refractivity contribution in [2.45, 2.75) is 39.5 Å². The van der Waals surface area contributed by atoms with Crippen molar-refractivity contribution in [3.63, 3.8) is 0 Å². The number of hydrogen-bond acceptors (Lipinski definition) is 3. The van der Waals surface area contributed by atoms with Crippen molar-refractivity contribution >= 4 is 23.2 Å². The van der Waals surface area contributed by atoms with Crippen LogP contribution >= 0.6 is 11.3 Å². The van der Waals surface area contributed by atoms with Gasteiger partial charge in [0.1, 0.15) is 5.01 Å². The predicted molar refractivity (Wildman–Crippen MR) is 109 cm³/mol. The molecule has 0 N–H and O–H groups in total. The van der Waals surface area contributed by atoms with E-state index in [2.05, 4.69) is 63.4 Å². The highest BCUT2D eigenvalue weighted by Crippen LogP contribution is 2.34. The maximum Gasteiger partial charge on any atom is 0.124 e. The lowest BCUT2D eigenvalue weighted by molar-refractivity contribution is 0.835. The monoisotopic (exact) mass is 348 g/mol. The third-order valence-corrected chi connectivity index (χ3v) is 5.12. The zero-order valence-corrected chi connectivity index (χ0v) is 16.0. The maximum atomic E-state index is 4.85. The van der Waals surface area contributed by atoms with Crippen molar-refractivity contribution < 1.29 is 0 Å². The minimum absolute atomic E-state index is 0.446. The molecule has 0 aliphatic heterocycles. The number of aliphatic imine (C=N–C) groups is 1. The van der Waals surface area contributed by atoms with E-state index in [0.717, 1.165) is 22.0 Å². The van der Waals surface area contributed by atoms with Crippen LogP contribution in [-0.4, -0.2) is 11.2 Å². The van der Waals surface area contributed by atoms with Gasteiger partial charge in [-0.05, 0) is 23.0 Å². The van der Waals surface area contributed by atoms with Crippen LogP contribution in [0.25, 0.3) is 10.6 Å². The Labute approximate surface area is 154 Å². The van der Waals surface area contributed by atoms with Crippen LogP contribution in [0.3, 0.4) is 0 Å². The summed E-state index contributed by atoms with van der Waals surface area (Å²) >= 11 is 1.66. The average Bonchev–Trinajstić information content (AvgIpc) is 3.09. The molecule has 0 unspecified atom stereocenters. The fourth-order valence-electron chi connectivity index (χ4n) is 2.85. The van der Waals surface area contributed by atoms with E-state index in [1.54, 1.807) is 11.3 Å². The van der Waals surface area contributed by atoms with Gasteiger partial charge in [-0.15, -0.1) is 11.3 Å². The average molecular weight is 349 g/mol. The molecule has 0 radical (unpaired) electrons. The zero-order chi connectivity index (χ0) is 17.8. The predicted octanol–water partition coefficient (Wildman–Crippen LogP) is 6.81. The van der Waals surface area contributed by atoms with E-state index in [9.17, 15) is 0 Å². The van der Waals surface area contributed by atoms with Gasteiger partial charge in [-0.1, -0.05) is 76.2 Å². The lowest BCUT2D eigenvalue weighted by Gasteiger charge is -2.16. The number of aromatic nitrogens is 1. The number of benzene rings is 2. The standard InChI is InChI=1S/C22H24N2S/c1-15(2)19-11-8-12-20(16(3)4)21(19)23-13-18-14-25-22(24-18)17-9-6-5-7-10-17/h5-16H,1-4H3/b23-13+. The molecule has 1 heterocycles. The van der Waals surface area contributed by atoms with Crippen LogP contribution in [0.4, 0.5) is 5.69 Å². The summed E-state index contributed by atoms with van der Waals surface area (Å²) in [6.45, 7) is 8.87. The van der Waals surface area contributed by atoms with Crippen molar-refractivity contribution in [3.8, 4) is 10.6 Å². The van der Waals surface area contributed by atoms with Gasteiger partial charge in [0.2, 0.25) is 0 Å². The van der Waals surface area contributed by atoms with E-state index in [1.807, 2.05) is 24.4 Å². The van der Waals surface area contributed by atoms with E-state index in [-0.39, 0.29) is 0 Å². The van der Waals surface area contributed by atoms with Gasteiger partial charge in [-0.25, -0.2) is 4.98 Å². The Morgan fingerprint density at radius 3 is 2.12 bits per heavy atom. The first-order valence-corrected chi connectivity index (χ1v) is 9.62. The van der Waals surface area contributed by atoms with Gasteiger partial charge in [0, 0.05) is 10.9 Å². The fourth-order valence-corrected chi connectivity index (χ4v) is 3.63. The highest BCUT2D eigenvalue weighted by Gasteiger charge is 2.12. The highest BCUT2D eigenvalue weighted by atomic mass is 32.1. The molecule has 0 aliphatic carbocycles. The molecule has 0 bridgehead atoms. The number of thiazole rings is 1. The Hall–Kier alpha value is -2.26. The Bertz CT molecular complexity index is 834. The smallest absolute Gasteiger partial charge is 0.124 e. The van der Waals surface area contributed by atoms with E-state index in [0.29, 0.717) is 11.8 Å². The largest absolute Gasteiger partial charge is 0.254 e. The number of rotatable bonds is 5. The van der Waals surface area contributed by atoms with Crippen molar-refractivity contribution in [2.24, 2.45) is 4.99 Å². The van der Waals surface area contributed by atoms with Crippen LogP contribution in [0.5, 0.6) is 0 Å². The molecule has 0 saturated carbocycles. The maximum absolute atomic E-state index is 4.85. The van der Waals surface area contributed by atoms with E-state index >= 15 is 0 Å². The van der Waals surface area contributed by atoms with Crippen molar-refractivity contribution in [2.75, 3.05) is 0 Å².